The van der Waals surface area contributed by atoms with E-state index >= 15 is 0 Å². The highest BCUT2D eigenvalue weighted by atomic mass is 16.1. The molecule has 1 rings (SSSR count). The highest BCUT2D eigenvalue weighted by Crippen LogP contribution is 2.28. The van der Waals surface area contributed by atoms with Crippen molar-refractivity contribution >= 4 is 5.78 Å². The van der Waals surface area contributed by atoms with E-state index in [1.54, 1.807) is 0 Å². The third-order valence-electron chi connectivity index (χ3n) is 3.04. The van der Waals surface area contributed by atoms with E-state index in [-0.39, 0.29) is 0 Å². The molecule has 1 aliphatic rings. The topological polar surface area (TPSA) is 29.1 Å². The highest BCUT2D eigenvalue weighted by molar-refractivity contribution is 5.79. The second-order valence-electron chi connectivity index (χ2n) is 4.35. The van der Waals surface area contributed by atoms with E-state index < -0.39 is 0 Å². The van der Waals surface area contributed by atoms with Crippen LogP contribution in [0.4, 0.5) is 0 Å². The van der Waals surface area contributed by atoms with Crippen LogP contribution in [-0.2, 0) is 4.79 Å². The van der Waals surface area contributed by atoms with Crippen molar-refractivity contribution in [3.05, 3.63) is 0 Å². The lowest BCUT2D eigenvalue weighted by Crippen LogP contribution is -2.43. The van der Waals surface area contributed by atoms with Crippen LogP contribution >= 0.6 is 0 Å². The number of ketones is 1. The van der Waals surface area contributed by atoms with E-state index in [0.29, 0.717) is 23.7 Å². The zero-order valence-corrected chi connectivity index (χ0v) is 8.97. The standard InChI is InChI=1S/C11H21NO/c1-4-12-11-7-9(13)5-6-10(11)8(2)3/h8,10-12H,4-7H2,1-3H3. The van der Waals surface area contributed by atoms with Crippen LogP contribution in [0.1, 0.15) is 40.0 Å². The van der Waals surface area contributed by atoms with Crippen molar-refractivity contribution in [2.45, 2.75) is 46.1 Å². The zero-order chi connectivity index (χ0) is 9.84. The fraction of sp³-hybridized carbons (Fsp3) is 0.909. The maximum atomic E-state index is 11.3. The number of hydrogen-bond donors (Lipinski definition) is 1. The minimum atomic E-state index is 0.433. The average Bonchev–Trinajstić information content (AvgIpc) is 2.04. The Morgan fingerprint density at radius 3 is 2.77 bits per heavy atom. The molecule has 1 fully saturated rings. The quantitative estimate of drug-likeness (QED) is 0.725. The van der Waals surface area contributed by atoms with Gasteiger partial charge in [0.15, 0.2) is 0 Å². The molecule has 2 heteroatoms. The molecule has 2 atom stereocenters. The van der Waals surface area contributed by atoms with Crippen LogP contribution in [0.2, 0.25) is 0 Å². The molecule has 0 heterocycles. The van der Waals surface area contributed by atoms with Crippen molar-refractivity contribution in [3.8, 4) is 0 Å². The monoisotopic (exact) mass is 183 g/mol. The van der Waals surface area contributed by atoms with Gasteiger partial charge in [0.1, 0.15) is 5.78 Å². The first kappa shape index (κ1) is 10.7. The van der Waals surface area contributed by atoms with Crippen molar-refractivity contribution in [2.75, 3.05) is 6.54 Å². The number of hydrogen-bond acceptors (Lipinski definition) is 2. The normalized spacial score (nSPS) is 29.7. The summed E-state index contributed by atoms with van der Waals surface area (Å²) in [5.74, 6) is 1.82. The van der Waals surface area contributed by atoms with Gasteiger partial charge in [0.2, 0.25) is 0 Å². The van der Waals surface area contributed by atoms with Crippen molar-refractivity contribution in [1.29, 1.82) is 0 Å². The minimum absolute atomic E-state index is 0.433. The molecule has 0 aliphatic heterocycles. The van der Waals surface area contributed by atoms with E-state index in [0.717, 1.165) is 25.8 Å². The maximum Gasteiger partial charge on any atom is 0.134 e. The number of carbonyl (C=O) groups is 1. The van der Waals surface area contributed by atoms with Gasteiger partial charge < -0.3 is 5.32 Å². The van der Waals surface area contributed by atoms with Gasteiger partial charge >= 0.3 is 0 Å². The molecule has 2 unspecified atom stereocenters. The Morgan fingerprint density at radius 1 is 1.54 bits per heavy atom. The van der Waals surface area contributed by atoms with Crippen molar-refractivity contribution < 1.29 is 4.79 Å². The first-order chi connectivity index (χ1) is 6.15. The first-order valence-electron chi connectivity index (χ1n) is 5.40. The lowest BCUT2D eigenvalue weighted by Gasteiger charge is -2.34. The fourth-order valence-corrected chi connectivity index (χ4v) is 2.31. The lowest BCUT2D eigenvalue weighted by atomic mass is 9.77. The van der Waals surface area contributed by atoms with E-state index in [4.69, 9.17) is 0 Å². The first-order valence-corrected chi connectivity index (χ1v) is 5.40. The summed E-state index contributed by atoms with van der Waals surface area (Å²) in [7, 11) is 0. The van der Waals surface area contributed by atoms with Gasteiger partial charge in [-0.3, -0.25) is 4.79 Å². The van der Waals surface area contributed by atoms with Gasteiger partial charge in [-0.25, -0.2) is 0 Å². The molecule has 0 aromatic carbocycles. The van der Waals surface area contributed by atoms with E-state index in [2.05, 4.69) is 26.1 Å². The van der Waals surface area contributed by atoms with Crippen LogP contribution in [0.15, 0.2) is 0 Å². The van der Waals surface area contributed by atoms with Crippen LogP contribution in [0.5, 0.6) is 0 Å². The van der Waals surface area contributed by atoms with Gasteiger partial charge in [-0.2, -0.15) is 0 Å². The van der Waals surface area contributed by atoms with Crippen LogP contribution < -0.4 is 5.32 Å². The molecule has 0 saturated heterocycles. The summed E-state index contributed by atoms with van der Waals surface area (Å²) in [6.45, 7) is 7.59. The number of nitrogens with one attached hydrogen (secondary N) is 1. The molecule has 1 N–H and O–H groups in total. The predicted octanol–water partition coefficient (Wildman–Crippen LogP) is 1.99. The predicted molar refractivity (Wildman–Crippen MR) is 54.7 cm³/mol. The lowest BCUT2D eigenvalue weighted by molar-refractivity contribution is -0.122. The Labute approximate surface area is 81.1 Å². The Hall–Kier alpha value is -0.370. The van der Waals surface area contributed by atoms with E-state index in [9.17, 15) is 4.79 Å². The Bertz CT molecular complexity index is 177. The summed E-state index contributed by atoms with van der Waals surface area (Å²) < 4.78 is 0. The molecule has 2 nitrogen and oxygen atoms in total. The number of carbonyl (C=O) groups excluding carboxylic acids is 1. The van der Waals surface area contributed by atoms with Crippen LogP contribution in [0.25, 0.3) is 0 Å². The van der Waals surface area contributed by atoms with E-state index in [1.807, 2.05) is 0 Å². The summed E-state index contributed by atoms with van der Waals surface area (Å²) in [4.78, 5) is 11.3. The Morgan fingerprint density at radius 2 is 2.23 bits per heavy atom. The smallest absolute Gasteiger partial charge is 0.134 e. The van der Waals surface area contributed by atoms with E-state index in [1.165, 1.54) is 0 Å². The largest absolute Gasteiger partial charge is 0.314 e. The van der Waals surface area contributed by atoms with Gasteiger partial charge in [-0.05, 0) is 24.8 Å². The van der Waals surface area contributed by atoms with Gasteiger partial charge in [-0.1, -0.05) is 20.8 Å². The number of Topliss-reactive ketones (excluding diaryl/α,β-unsaturated/α-hetero) is 1. The SMILES string of the molecule is CCNC1CC(=O)CCC1C(C)C. The van der Waals surface area contributed by atoms with Crippen LogP contribution in [-0.4, -0.2) is 18.4 Å². The molecule has 13 heavy (non-hydrogen) atoms. The Balaban J connectivity index is 2.55. The minimum Gasteiger partial charge on any atom is -0.314 e. The third-order valence-corrected chi connectivity index (χ3v) is 3.04. The molecule has 0 bridgehead atoms. The number of rotatable bonds is 3. The van der Waals surface area contributed by atoms with Crippen molar-refractivity contribution in [2.24, 2.45) is 11.8 Å². The molecule has 1 aliphatic carbocycles. The maximum absolute atomic E-state index is 11.3. The third kappa shape index (κ3) is 2.80. The molecule has 0 amide bonds. The molecule has 0 aromatic heterocycles. The molecule has 76 valence electrons. The molecular weight excluding hydrogens is 162 g/mol. The van der Waals surface area contributed by atoms with Crippen LogP contribution in [0, 0.1) is 11.8 Å². The van der Waals surface area contributed by atoms with Crippen molar-refractivity contribution in [3.63, 3.8) is 0 Å². The summed E-state index contributed by atoms with van der Waals surface area (Å²) in [6, 6.07) is 0.436. The summed E-state index contributed by atoms with van der Waals surface area (Å²) in [6.07, 6.45) is 2.62. The summed E-state index contributed by atoms with van der Waals surface area (Å²) in [5.41, 5.74) is 0. The van der Waals surface area contributed by atoms with Gasteiger partial charge in [0, 0.05) is 18.9 Å². The fourth-order valence-electron chi connectivity index (χ4n) is 2.31. The Kier molecular flexibility index (Phi) is 3.91. The highest BCUT2D eigenvalue weighted by Gasteiger charge is 2.30. The molecule has 0 spiro atoms. The summed E-state index contributed by atoms with van der Waals surface area (Å²) >= 11 is 0. The molecule has 1 saturated carbocycles. The molecule has 0 radical (unpaired) electrons. The van der Waals surface area contributed by atoms with Gasteiger partial charge in [0.05, 0.1) is 0 Å². The zero-order valence-electron chi connectivity index (χ0n) is 8.97. The van der Waals surface area contributed by atoms with Gasteiger partial charge in [0.25, 0.3) is 0 Å². The summed E-state index contributed by atoms with van der Waals surface area (Å²) in [5, 5.41) is 3.43. The molecule has 0 aromatic rings. The second kappa shape index (κ2) is 4.75. The van der Waals surface area contributed by atoms with Gasteiger partial charge in [-0.15, -0.1) is 0 Å². The average molecular weight is 183 g/mol. The van der Waals surface area contributed by atoms with Crippen LogP contribution in [0.3, 0.4) is 0 Å². The second-order valence-corrected chi connectivity index (χ2v) is 4.35. The molecular formula is C11H21NO. The van der Waals surface area contributed by atoms with Crippen molar-refractivity contribution in [1.82, 2.24) is 5.32 Å².